The average molecular weight is 340 g/mol. The van der Waals surface area contributed by atoms with Gasteiger partial charge in [-0.1, -0.05) is 29.3 Å². The summed E-state index contributed by atoms with van der Waals surface area (Å²) in [6.07, 6.45) is 2.56. The second-order valence-corrected chi connectivity index (χ2v) is 5.84. The van der Waals surface area contributed by atoms with E-state index < -0.39 is 0 Å². The van der Waals surface area contributed by atoms with E-state index >= 15 is 0 Å². The van der Waals surface area contributed by atoms with Crippen molar-refractivity contribution in [3.8, 4) is 0 Å². The van der Waals surface area contributed by atoms with Crippen molar-refractivity contribution in [1.82, 2.24) is 15.1 Å². The largest absolute Gasteiger partial charge is 0.370 e. The summed E-state index contributed by atoms with van der Waals surface area (Å²) in [5, 5.41) is 8.46. The first kappa shape index (κ1) is 16.6. The van der Waals surface area contributed by atoms with Crippen molar-refractivity contribution >= 4 is 29.2 Å². The Labute approximate surface area is 140 Å². The van der Waals surface area contributed by atoms with Crippen molar-refractivity contribution in [2.45, 2.75) is 19.4 Å². The van der Waals surface area contributed by atoms with Crippen molar-refractivity contribution < 1.29 is 0 Å². The number of rotatable bonds is 5. The number of aliphatic imine (C=N–C) groups is 1. The lowest BCUT2D eigenvalue weighted by Gasteiger charge is -2.16. The minimum atomic E-state index is -0.0507. The van der Waals surface area contributed by atoms with Crippen molar-refractivity contribution in [1.29, 1.82) is 0 Å². The SMILES string of the molecule is CC(NC(N)=NCCc1ccnn1C)c1ccc(Cl)cc1Cl. The molecule has 22 heavy (non-hydrogen) atoms. The molecule has 2 rings (SSSR count). The summed E-state index contributed by atoms with van der Waals surface area (Å²) in [6, 6.07) is 7.31. The zero-order valence-electron chi connectivity index (χ0n) is 12.6. The molecule has 7 heteroatoms. The highest BCUT2D eigenvalue weighted by atomic mass is 35.5. The van der Waals surface area contributed by atoms with E-state index in [1.807, 2.05) is 30.8 Å². The van der Waals surface area contributed by atoms with Crippen LogP contribution >= 0.6 is 23.2 Å². The van der Waals surface area contributed by atoms with Crippen LogP contribution in [0.5, 0.6) is 0 Å². The highest BCUT2D eigenvalue weighted by molar-refractivity contribution is 6.35. The molecule has 118 valence electrons. The van der Waals surface area contributed by atoms with Gasteiger partial charge in [0.05, 0.1) is 6.04 Å². The average Bonchev–Trinajstić information content (AvgIpc) is 2.84. The molecule has 3 N–H and O–H groups in total. The number of guanidine groups is 1. The van der Waals surface area contributed by atoms with E-state index in [0.717, 1.165) is 17.7 Å². The molecule has 1 heterocycles. The molecule has 2 aromatic rings. The van der Waals surface area contributed by atoms with Crippen LogP contribution in [0, 0.1) is 0 Å². The first-order chi connectivity index (χ1) is 10.5. The summed E-state index contributed by atoms with van der Waals surface area (Å²) >= 11 is 12.1. The number of nitrogens with two attached hydrogens (primary N) is 1. The topological polar surface area (TPSA) is 68.2 Å². The van der Waals surface area contributed by atoms with Gasteiger partial charge in [0.15, 0.2) is 5.96 Å². The third kappa shape index (κ3) is 4.39. The van der Waals surface area contributed by atoms with E-state index in [1.54, 1.807) is 18.3 Å². The lowest BCUT2D eigenvalue weighted by atomic mass is 10.1. The molecule has 1 atom stereocenters. The van der Waals surface area contributed by atoms with E-state index in [1.165, 1.54) is 0 Å². The van der Waals surface area contributed by atoms with Crippen LogP contribution in [0.2, 0.25) is 10.0 Å². The lowest BCUT2D eigenvalue weighted by Crippen LogP contribution is -2.34. The fourth-order valence-electron chi connectivity index (χ4n) is 2.14. The molecule has 0 aliphatic heterocycles. The van der Waals surface area contributed by atoms with Gasteiger partial charge in [0.1, 0.15) is 0 Å². The highest BCUT2D eigenvalue weighted by Crippen LogP contribution is 2.25. The second-order valence-electron chi connectivity index (χ2n) is 4.99. The summed E-state index contributed by atoms with van der Waals surface area (Å²) < 4.78 is 1.83. The highest BCUT2D eigenvalue weighted by Gasteiger charge is 2.10. The maximum atomic E-state index is 6.18. The number of aryl methyl sites for hydroxylation is 1. The summed E-state index contributed by atoms with van der Waals surface area (Å²) in [6.45, 7) is 2.57. The lowest BCUT2D eigenvalue weighted by molar-refractivity contribution is 0.694. The normalized spacial score (nSPS) is 13.2. The van der Waals surface area contributed by atoms with E-state index in [9.17, 15) is 0 Å². The standard InChI is InChI=1S/C15H19Cl2N5/c1-10(13-4-3-11(16)9-14(13)17)21-15(18)19-7-5-12-6-8-20-22(12)2/h3-4,6,8-10H,5,7H2,1-2H3,(H3,18,19,21). The molecule has 0 aliphatic carbocycles. The minimum Gasteiger partial charge on any atom is -0.370 e. The Hall–Kier alpha value is -1.72. The van der Waals surface area contributed by atoms with Gasteiger partial charge in [-0.3, -0.25) is 9.67 Å². The summed E-state index contributed by atoms with van der Waals surface area (Å²) in [5.74, 6) is 0.390. The van der Waals surface area contributed by atoms with E-state index in [4.69, 9.17) is 28.9 Å². The first-order valence-electron chi connectivity index (χ1n) is 6.95. The van der Waals surface area contributed by atoms with E-state index in [2.05, 4.69) is 15.4 Å². The maximum absolute atomic E-state index is 6.18. The molecule has 0 fully saturated rings. The number of nitrogens with zero attached hydrogens (tertiary/aromatic N) is 3. The number of nitrogens with one attached hydrogen (secondary N) is 1. The monoisotopic (exact) mass is 339 g/mol. The minimum absolute atomic E-state index is 0.0507. The molecule has 1 aromatic carbocycles. The Balaban J connectivity index is 1.91. The van der Waals surface area contributed by atoms with Gasteiger partial charge in [-0.2, -0.15) is 5.10 Å². The number of benzene rings is 1. The van der Waals surface area contributed by atoms with Crippen LogP contribution in [0.15, 0.2) is 35.5 Å². The van der Waals surface area contributed by atoms with Crippen LogP contribution in [0.3, 0.4) is 0 Å². The molecular formula is C15H19Cl2N5. The molecule has 0 radical (unpaired) electrons. The predicted octanol–water partition coefficient (Wildman–Crippen LogP) is 2.93. The molecule has 0 amide bonds. The molecule has 0 bridgehead atoms. The number of halogens is 2. The molecule has 1 aromatic heterocycles. The van der Waals surface area contributed by atoms with Gasteiger partial charge in [-0.05, 0) is 30.7 Å². The van der Waals surface area contributed by atoms with Crippen LogP contribution in [0.1, 0.15) is 24.2 Å². The van der Waals surface area contributed by atoms with Gasteiger partial charge < -0.3 is 11.1 Å². The van der Waals surface area contributed by atoms with Crippen molar-refractivity contribution in [3.63, 3.8) is 0 Å². The Bertz CT molecular complexity index is 666. The van der Waals surface area contributed by atoms with Crippen LogP contribution in [-0.2, 0) is 13.5 Å². The number of aromatic nitrogens is 2. The van der Waals surface area contributed by atoms with Crippen LogP contribution in [0.25, 0.3) is 0 Å². The summed E-state index contributed by atoms with van der Waals surface area (Å²) in [7, 11) is 1.91. The van der Waals surface area contributed by atoms with Crippen LogP contribution in [-0.4, -0.2) is 22.3 Å². The summed E-state index contributed by atoms with van der Waals surface area (Å²) in [4.78, 5) is 4.33. The fourth-order valence-corrected chi connectivity index (χ4v) is 2.71. The Morgan fingerprint density at radius 3 is 2.82 bits per heavy atom. The molecular weight excluding hydrogens is 321 g/mol. The second kappa shape index (κ2) is 7.51. The van der Waals surface area contributed by atoms with Gasteiger partial charge >= 0.3 is 0 Å². The third-order valence-electron chi connectivity index (χ3n) is 3.37. The van der Waals surface area contributed by atoms with Crippen molar-refractivity contribution in [2.24, 2.45) is 17.8 Å². The van der Waals surface area contributed by atoms with Crippen LogP contribution < -0.4 is 11.1 Å². The Kier molecular flexibility index (Phi) is 5.69. The third-order valence-corrected chi connectivity index (χ3v) is 3.93. The van der Waals surface area contributed by atoms with E-state index in [-0.39, 0.29) is 6.04 Å². The Morgan fingerprint density at radius 2 is 2.18 bits per heavy atom. The molecule has 1 unspecified atom stereocenters. The molecule has 0 aliphatic rings. The van der Waals surface area contributed by atoms with Crippen molar-refractivity contribution in [3.05, 3.63) is 51.8 Å². The van der Waals surface area contributed by atoms with Gasteiger partial charge in [0, 0.05) is 41.9 Å². The Morgan fingerprint density at radius 1 is 1.41 bits per heavy atom. The van der Waals surface area contributed by atoms with Gasteiger partial charge in [0.2, 0.25) is 0 Å². The zero-order valence-corrected chi connectivity index (χ0v) is 14.1. The predicted molar refractivity (Wildman–Crippen MR) is 91.4 cm³/mol. The molecule has 5 nitrogen and oxygen atoms in total. The first-order valence-corrected chi connectivity index (χ1v) is 7.71. The molecule has 0 spiro atoms. The van der Waals surface area contributed by atoms with E-state index in [0.29, 0.717) is 22.5 Å². The quantitative estimate of drug-likeness (QED) is 0.650. The van der Waals surface area contributed by atoms with Gasteiger partial charge in [-0.15, -0.1) is 0 Å². The number of hydrogen-bond donors (Lipinski definition) is 2. The molecule has 0 saturated heterocycles. The fraction of sp³-hybridized carbons (Fsp3) is 0.333. The van der Waals surface area contributed by atoms with Gasteiger partial charge in [-0.25, -0.2) is 0 Å². The zero-order chi connectivity index (χ0) is 16.1. The number of hydrogen-bond acceptors (Lipinski definition) is 2. The van der Waals surface area contributed by atoms with Gasteiger partial charge in [0.25, 0.3) is 0 Å². The maximum Gasteiger partial charge on any atom is 0.189 e. The smallest absolute Gasteiger partial charge is 0.189 e. The molecule has 0 saturated carbocycles. The summed E-state index contributed by atoms with van der Waals surface area (Å²) in [5.41, 5.74) is 7.96. The van der Waals surface area contributed by atoms with Crippen LogP contribution in [0.4, 0.5) is 0 Å². The van der Waals surface area contributed by atoms with Crippen molar-refractivity contribution in [2.75, 3.05) is 6.54 Å².